The zero-order valence-corrected chi connectivity index (χ0v) is 11.2. The van der Waals surface area contributed by atoms with Crippen molar-refractivity contribution in [1.29, 1.82) is 0 Å². The highest BCUT2D eigenvalue weighted by Crippen LogP contribution is 2.03. The van der Waals surface area contributed by atoms with Crippen LogP contribution in [0.3, 0.4) is 0 Å². The number of rotatable bonds is 6. The van der Waals surface area contributed by atoms with Crippen molar-refractivity contribution in [3.05, 3.63) is 0 Å². The first-order valence-corrected chi connectivity index (χ1v) is 6.99. The fraction of sp³-hybridized carbons (Fsp3) is 1.00. The molecule has 98 valence electrons. The van der Waals surface area contributed by atoms with Crippen molar-refractivity contribution in [2.24, 2.45) is 0 Å². The van der Waals surface area contributed by atoms with Crippen LogP contribution in [0.5, 0.6) is 0 Å². The van der Waals surface area contributed by atoms with Gasteiger partial charge in [0.05, 0.1) is 5.75 Å². The molecule has 1 fully saturated rings. The molecule has 0 aliphatic carbocycles. The van der Waals surface area contributed by atoms with E-state index in [9.17, 15) is 8.42 Å². The van der Waals surface area contributed by atoms with Crippen LogP contribution in [0.1, 0.15) is 19.3 Å². The first kappa shape index (κ1) is 16.1. The summed E-state index contributed by atoms with van der Waals surface area (Å²) in [7, 11) is -1.55. The fourth-order valence-electron chi connectivity index (χ4n) is 1.66. The molecule has 7 heteroatoms. The van der Waals surface area contributed by atoms with Crippen molar-refractivity contribution < 1.29 is 13.2 Å². The molecule has 1 rings (SSSR count). The van der Waals surface area contributed by atoms with Crippen molar-refractivity contribution in [3.63, 3.8) is 0 Å². The zero-order chi connectivity index (χ0) is 11.1. The lowest BCUT2D eigenvalue weighted by atomic mass is 10.1. The van der Waals surface area contributed by atoms with Gasteiger partial charge in [-0.3, -0.25) is 0 Å². The van der Waals surface area contributed by atoms with Gasteiger partial charge in [-0.2, -0.15) is 0 Å². The van der Waals surface area contributed by atoms with Gasteiger partial charge in [0.1, 0.15) is 0 Å². The van der Waals surface area contributed by atoms with Crippen LogP contribution < -0.4 is 10.0 Å². The summed E-state index contributed by atoms with van der Waals surface area (Å²) < 4.78 is 30.7. The molecule has 0 spiro atoms. The third-order valence-electron chi connectivity index (χ3n) is 2.40. The van der Waals surface area contributed by atoms with Gasteiger partial charge in [-0.05, 0) is 25.8 Å². The first-order chi connectivity index (χ1) is 7.14. The van der Waals surface area contributed by atoms with E-state index in [0.717, 1.165) is 25.9 Å². The number of nitrogens with one attached hydrogen (secondary N) is 2. The maximum Gasteiger partial charge on any atom is 0.211 e. The fourth-order valence-corrected chi connectivity index (χ4v) is 2.98. The summed E-state index contributed by atoms with van der Waals surface area (Å²) in [6.07, 6.45) is 2.51. The van der Waals surface area contributed by atoms with Crippen LogP contribution in [0.15, 0.2) is 0 Å². The lowest BCUT2D eigenvalue weighted by molar-refractivity contribution is 0.199. The monoisotopic (exact) mass is 272 g/mol. The standard InChI is InChI=1S/C9H20N2O3S.ClH/c1-14-6-3-7-15(12,13)11-9-4-2-5-10-8-9;/h9-11H,2-8H2,1H3;1H/t9-;/m0./s1. The average molecular weight is 273 g/mol. The number of ether oxygens (including phenoxy) is 1. The van der Waals surface area contributed by atoms with E-state index in [1.54, 1.807) is 7.11 Å². The van der Waals surface area contributed by atoms with Gasteiger partial charge >= 0.3 is 0 Å². The Kier molecular flexibility index (Phi) is 8.31. The van der Waals surface area contributed by atoms with E-state index in [-0.39, 0.29) is 24.2 Å². The van der Waals surface area contributed by atoms with E-state index in [0.29, 0.717) is 13.0 Å². The molecular weight excluding hydrogens is 252 g/mol. The van der Waals surface area contributed by atoms with Crippen molar-refractivity contribution >= 4 is 22.4 Å². The Morgan fingerprint density at radius 2 is 2.25 bits per heavy atom. The second-order valence-electron chi connectivity index (χ2n) is 3.83. The Balaban J connectivity index is 0.00000225. The molecular formula is C9H21ClN2O3S. The molecule has 0 aromatic carbocycles. The Hall–Kier alpha value is 0.120. The van der Waals surface area contributed by atoms with E-state index in [1.165, 1.54) is 0 Å². The molecule has 1 atom stereocenters. The van der Waals surface area contributed by atoms with Gasteiger partial charge in [-0.25, -0.2) is 13.1 Å². The summed E-state index contributed by atoms with van der Waals surface area (Å²) in [5, 5.41) is 3.17. The van der Waals surface area contributed by atoms with Gasteiger partial charge in [0, 0.05) is 26.3 Å². The number of methoxy groups -OCH3 is 1. The third-order valence-corrected chi connectivity index (χ3v) is 3.92. The molecule has 0 saturated carbocycles. The van der Waals surface area contributed by atoms with Crippen molar-refractivity contribution in [3.8, 4) is 0 Å². The van der Waals surface area contributed by atoms with Gasteiger partial charge in [0.2, 0.25) is 10.0 Å². The Bertz CT molecular complexity index is 266. The van der Waals surface area contributed by atoms with E-state index in [4.69, 9.17) is 4.74 Å². The number of sulfonamides is 1. The summed E-state index contributed by atoms with van der Waals surface area (Å²) in [6, 6.07) is 0.0614. The van der Waals surface area contributed by atoms with Crippen molar-refractivity contribution in [1.82, 2.24) is 10.0 Å². The number of piperidine rings is 1. The van der Waals surface area contributed by atoms with Crippen LogP contribution in [0.4, 0.5) is 0 Å². The van der Waals surface area contributed by atoms with Gasteiger partial charge in [0.15, 0.2) is 0 Å². The molecule has 0 aromatic rings. The van der Waals surface area contributed by atoms with Crippen LogP contribution in [0, 0.1) is 0 Å². The average Bonchev–Trinajstić information content (AvgIpc) is 2.18. The molecule has 0 aromatic heterocycles. The van der Waals surface area contributed by atoms with Crippen LogP contribution in [0.25, 0.3) is 0 Å². The smallest absolute Gasteiger partial charge is 0.211 e. The quantitative estimate of drug-likeness (QED) is 0.674. The molecule has 1 aliphatic heterocycles. The predicted octanol–water partition coefficient (Wildman–Crippen LogP) is 0.116. The predicted molar refractivity (Wildman–Crippen MR) is 66.6 cm³/mol. The maximum atomic E-state index is 11.6. The van der Waals surface area contributed by atoms with Crippen molar-refractivity contribution in [2.45, 2.75) is 25.3 Å². The molecule has 2 N–H and O–H groups in total. The molecule has 0 unspecified atom stereocenters. The number of halogens is 1. The zero-order valence-electron chi connectivity index (χ0n) is 9.57. The Morgan fingerprint density at radius 1 is 1.50 bits per heavy atom. The van der Waals surface area contributed by atoms with Gasteiger partial charge in [0.25, 0.3) is 0 Å². The van der Waals surface area contributed by atoms with Gasteiger partial charge < -0.3 is 10.1 Å². The topological polar surface area (TPSA) is 67.4 Å². The molecule has 0 bridgehead atoms. The summed E-state index contributed by atoms with van der Waals surface area (Å²) in [6.45, 7) is 2.22. The highest BCUT2D eigenvalue weighted by atomic mass is 35.5. The summed E-state index contributed by atoms with van der Waals surface area (Å²) in [4.78, 5) is 0. The minimum Gasteiger partial charge on any atom is -0.385 e. The van der Waals surface area contributed by atoms with Crippen LogP contribution in [-0.2, 0) is 14.8 Å². The summed E-state index contributed by atoms with van der Waals surface area (Å²) in [5.41, 5.74) is 0. The number of hydrogen-bond donors (Lipinski definition) is 2. The Labute approximate surface area is 104 Å². The normalized spacial score (nSPS) is 21.4. The second kappa shape index (κ2) is 8.25. The van der Waals surface area contributed by atoms with E-state index in [2.05, 4.69) is 10.0 Å². The van der Waals surface area contributed by atoms with Crippen LogP contribution in [-0.4, -0.2) is 47.0 Å². The second-order valence-corrected chi connectivity index (χ2v) is 5.70. The molecule has 16 heavy (non-hydrogen) atoms. The highest BCUT2D eigenvalue weighted by molar-refractivity contribution is 7.89. The minimum atomic E-state index is -3.12. The van der Waals surface area contributed by atoms with Crippen LogP contribution in [0.2, 0.25) is 0 Å². The van der Waals surface area contributed by atoms with Crippen LogP contribution >= 0.6 is 12.4 Å². The molecule has 0 radical (unpaired) electrons. The van der Waals surface area contributed by atoms with E-state index in [1.807, 2.05) is 0 Å². The summed E-state index contributed by atoms with van der Waals surface area (Å²) in [5.74, 6) is 0.150. The summed E-state index contributed by atoms with van der Waals surface area (Å²) >= 11 is 0. The molecule has 1 heterocycles. The third kappa shape index (κ3) is 6.65. The highest BCUT2D eigenvalue weighted by Gasteiger charge is 2.19. The molecule has 1 aliphatic rings. The number of hydrogen-bond acceptors (Lipinski definition) is 4. The largest absolute Gasteiger partial charge is 0.385 e. The van der Waals surface area contributed by atoms with Crippen molar-refractivity contribution in [2.75, 3.05) is 32.6 Å². The van der Waals surface area contributed by atoms with Gasteiger partial charge in [-0.1, -0.05) is 0 Å². The first-order valence-electron chi connectivity index (χ1n) is 5.34. The molecule has 5 nitrogen and oxygen atoms in total. The molecule has 0 amide bonds. The van der Waals surface area contributed by atoms with E-state index >= 15 is 0 Å². The lowest BCUT2D eigenvalue weighted by Crippen LogP contribution is -2.46. The Morgan fingerprint density at radius 3 is 2.81 bits per heavy atom. The van der Waals surface area contributed by atoms with Gasteiger partial charge in [-0.15, -0.1) is 12.4 Å². The molecule has 1 saturated heterocycles. The van der Waals surface area contributed by atoms with E-state index < -0.39 is 10.0 Å². The minimum absolute atomic E-state index is 0. The maximum absolute atomic E-state index is 11.6. The lowest BCUT2D eigenvalue weighted by Gasteiger charge is -2.23. The SMILES string of the molecule is COCCCS(=O)(=O)N[C@H]1CCCNC1.Cl.